The van der Waals surface area contributed by atoms with Crippen molar-refractivity contribution in [3.63, 3.8) is 0 Å². The van der Waals surface area contributed by atoms with Gasteiger partial charge in [-0.3, -0.25) is 4.79 Å². The van der Waals surface area contributed by atoms with E-state index in [9.17, 15) is 4.79 Å². The Morgan fingerprint density at radius 1 is 1.42 bits per heavy atom. The minimum Gasteiger partial charge on any atom is -0.390 e. The third-order valence-electron chi connectivity index (χ3n) is 2.74. The molecule has 0 saturated heterocycles. The molecule has 2 aromatic rings. The number of rotatable bonds is 4. The number of benzene rings is 1. The van der Waals surface area contributed by atoms with E-state index in [0.29, 0.717) is 10.7 Å². The van der Waals surface area contributed by atoms with Crippen LogP contribution in [0.15, 0.2) is 23.6 Å². The predicted molar refractivity (Wildman–Crippen MR) is 76.3 cm³/mol. The molecule has 19 heavy (non-hydrogen) atoms. The van der Waals surface area contributed by atoms with E-state index in [0.717, 1.165) is 16.8 Å². The molecular weight excluding hydrogens is 260 g/mol. The van der Waals surface area contributed by atoms with Gasteiger partial charge in [-0.05, 0) is 31.0 Å². The maximum atomic E-state index is 11.9. The summed E-state index contributed by atoms with van der Waals surface area (Å²) in [6.07, 6.45) is 0.234. The molecule has 0 saturated carbocycles. The van der Waals surface area contributed by atoms with Gasteiger partial charge in [-0.2, -0.15) is 0 Å². The van der Waals surface area contributed by atoms with Crippen molar-refractivity contribution >= 4 is 22.9 Å². The first kappa shape index (κ1) is 13.7. The van der Waals surface area contributed by atoms with E-state index < -0.39 is 0 Å². The molecule has 1 amide bonds. The number of aliphatic hydroxyl groups is 1. The molecule has 2 N–H and O–H groups in total. The van der Waals surface area contributed by atoms with Gasteiger partial charge in [0, 0.05) is 11.1 Å². The highest BCUT2D eigenvalue weighted by atomic mass is 32.1. The number of carbonyl (C=O) groups excluding carboxylic acids is 1. The van der Waals surface area contributed by atoms with E-state index in [1.807, 2.05) is 32.0 Å². The molecule has 0 bridgehead atoms. The number of aliphatic hydroxyl groups excluding tert-OH is 1. The zero-order valence-corrected chi connectivity index (χ0v) is 11.8. The van der Waals surface area contributed by atoms with Crippen LogP contribution in [0.3, 0.4) is 0 Å². The van der Waals surface area contributed by atoms with E-state index in [1.54, 1.807) is 5.38 Å². The first-order valence-electron chi connectivity index (χ1n) is 5.99. The lowest BCUT2D eigenvalue weighted by molar-refractivity contribution is -0.115. The van der Waals surface area contributed by atoms with Gasteiger partial charge in [-0.1, -0.05) is 12.1 Å². The average Bonchev–Trinajstić information content (AvgIpc) is 2.81. The molecule has 2 rings (SSSR count). The summed E-state index contributed by atoms with van der Waals surface area (Å²) in [5, 5.41) is 14.3. The average molecular weight is 276 g/mol. The summed E-state index contributed by atoms with van der Waals surface area (Å²) in [6, 6.07) is 5.95. The van der Waals surface area contributed by atoms with Gasteiger partial charge in [-0.25, -0.2) is 4.98 Å². The van der Waals surface area contributed by atoms with Crippen LogP contribution in [0.25, 0.3) is 0 Å². The van der Waals surface area contributed by atoms with Crippen molar-refractivity contribution in [2.75, 3.05) is 5.32 Å². The molecule has 1 aromatic heterocycles. The second kappa shape index (κ2) is 5.95. The molecule has 0 unspecified atom stereocenters. The maximum Gasteiger partial charge on any atom is 0.231 e. The van der Waals surface area contributed by atoms with Crippen molar-refractivity contribution in [3.05, 3.63) is 45.4 Å². The van der Waals surface area contributed by atoms with Gasteiger partial charge in [0.25, 0.3) is 0 Å². The second-order valence-electron chi connectivity index (χ2n) is 4.43. The Balaban J connectivity index is 2.03. The van der Waals surface area contributed by atoms with E-state index >= 15 is 0 Å². The Kier molecular flexibility index (Phi) is 4.29. The van der Waals surface area contributed by atoms with Crippen molar-refractivity contribution in [3.8, 4) is 0 Å². The van der Waals surface area contributed by atoms with Crippen LogP contribution < -0.4 is 5.32 Å². The Morgan fingerprint density at radius 3 is 2.89 bits per heavy atom. The number of nitrogens with zero attached hydrogens (tertiary/aromatic N) is 1. The molecule has 0 aliphatic heterocycles. The molecule has 0 spiro atoms. The van der Waals surface area contributed by atoms with Crippen LogP contribution in [-0.2, 0) is 17.8 Å². The third-order valence-corrected chi connectivity index (χ3v) is 3.64. The number of carbonyl (C=O) groups is 1. The molecule has 5 heteroatoms. The zero-order chi connectivity index (χ0) is 13.8. The smallest absolute Gasteiger partial charge is 0.231 e. The molecule has 4 nitrogen and oxygen atoms in total. The van der Waals surface area contributed by atoms with Gasteiger partial charge in [0.05, 0.1) is 18.7 Å². The lowest BCUT2D eigenvalue weighted by Crippen LogP contribution is -2.15. The number of amides is 1. The van der Waals surface area contributed by atoms with Crippen molar-refractivity contribution in [2.24, 2.45) is 0 Å². The maximum absolute atomic E-state index is 11.9. The molecule has 0 radical (unpaired) electrons. The van der Waals surface area contributed by atoms with E-state index in [4.69, 9.17) is 5.11 Å². The Hall–Kier alpha value is -1.72. The molecule has 100 valence electrons. The van der Waals surface area contributed by atoms with Crippen molar-refractivity contribution < 1.29 is 9.90 Å². The Labute approximate surface area is 116 Å². The highest BCUT2D eigenvalue weighted by molar-refractivity contribution is 7.09. The Morgan fingerprint density at radius 2 is 2.21 bits per heavy atom. The van der Waals surface area contributed by atoms with Gasteiger partial charge in [0.1, 0.15) is 5.01 Å². The first-order valence-corrected chi connectivity index (χ1v) is 6.87. The molecule has 0 fully saturated rings. The van der Waals surface area contributed by atoms with Crippen LogP contribution in [0.4, 0.5) is 5.69 Å². The number of anilines is 1. The molecule has 0 aliphatic carbocycles. The van der Waals surface area contributed by atoms with Gasteiger partial charge in [-0.15, -0.1) is 11.3 Å². The summed E-state index contributed by atoms with van der Waals surface area (Å²) < 4.78 is 0. The largest absolute Gasteiger partial charge is 0.390 e. The zero-order valence-electron chi connectivity index (χ0n) is 10.9. The molecule has 1 aromatic carbocycles. The molecule has 0 aliphatic rings. The number of hydrogen-bond donors (Lipinski definition) is 2. The van der Waals surface area contributed by atoms with Crippen molar-refractivity contribution in [1.82, 2.24) is 4.98 Å². The summed E-state index contributed by atoms with van der Waals surface area (Å²) in [7, 11) is 0. The van der Waals surface area contributed by atoms with E-state index in [1.165, 1.54) is 11.3 Å². The summed E-state index contributed by atoms with van der Waals surface area (Å²) >= 11 is 1.39. The summed E-state index contributed by atoms with van der Waals surface area (Å²) in [4.78, 5) is 16.1. The fourth-order valence-electron chi connectivity index (χ4n) is 1.70. The summed E-state index contributed by atoms with van der Waals surface area (Å²) in [5.41, 5.74) is 3.59. The summed E-state index contributed by atoms with van der Waals surface area (Å²) in [5.74, 6) is -0.0902. The van der Waals surface area contributed by atoms with Crippen LogP contribution >= 0.6 is 11.3 Å². The van der Waals surface area contributed by atoms with Gasteiger partial charge in [0.15, 0.2) is 0 Å². The van der Waals surface area contributed by atoms with Crippen LogP contribution in [0, 0.1) is 13.8 Å². The van der Waals surface area contributed by atoms with Crippen LogP contribution in [0.1, 0.15) is 21.8 Å². The molecule has 1 heterocycles. The first-order chi connectivity index (χ1) is 9.08. The number of thiazole rings is 1. The molecular formula is C14H16N2O2S. The normalized spacial score (nSPS) is 10.5. The quantitative estimate of drug-likeness (QED) is 0.901. The highest BCUT2D eigenvalue weighted by Crippen LogP contribution is 2.17. The van der Waals surface area contributed by atoms with Crippen LogP contribution in [0.2, 0.25) is 0 Å². The van der Waals surface area contributed by atoms with Crippen molar-refractivity contribution in [1.29, 1.82) is 0 Å². The number of aryl methyl sites for hydroxylation is 2. The Bertz CT molecular complexity index is 593. The standard InChI is InChI=1S/C14H16N2O2S/c1-9-3-4-10(2)12(5-9)16-13(18)6-14-15-11(7-17)8-19-14/h3-5,8,17H,6-7H2,1-2H3,(H,16,18). The number of nitrogens with one attached hydrogen (secondary N) is 1. The predicted octanol–water partition coefficient (Wildman–Crippen LogP) is 2.43. The third kappa shape index (κ3) is 3.62. The number of hydrogen-bond acceptors (Lipinski definition) is 4. The van der Waals surface area contributed by atoms with Crippen LogP contribution in [-0.4, -0.2) is 16.0 Å². The van der Waals surface area contributed by atoms with Crippen molar-refractivity contribution in [2.45, 2.75) is 26.9 Å². The van der Waals surface area contributed by atoms with E-state index in [-0.39, 0.29) is 18.9 Å². The SMILES string of the molecule is Cc1ccc(C)c(NC(=O)Cc2nc(CO)cs2)c1. The lowest BCUT2D eigenvalue weighted by atomic mass is 10.1. The van der Waals surface area contributed by atoms with Gasteiger partial charge in [0.2, 0.25) is 5.91 Å². The summed E-state index contributed by atoms with van der Waals surface area (Å²) in [6.45, 7) is 3.86. The minimum atomic E-state index is -0.0902. The van der Waals surface area contributed by atoms with Gasteiger partial charge < -0.3 is 10.4 Å². The van der Waals surface area contributed by atoms with Crippen LogP contribution in [0.5, 0.6) is 0 Å². The number of aromatic nitrogens is 1. The second-order valence-corrected chi connectivity index (χ2v) is 5.38. The fourth-order valence-corrected chi connectivity index (χ4v) is 2.49. The lowest BCUT2D eigenvalue weighted by Gasteiger charge is -2.08. The fraction of sp³-hybridized carbons (Fsp3) is 0.286. The minimum absolute atomic E-state index is 0.0882. The monoisotopic (exact) mass is 276 g/mol. The topological polar surface area (TPSA) is 62.2 Å². The van der Waals surface area contributed by atoms with Gasteiger partial charge >= 0.3 is 0 Å². The molecule has 0 atom stereocenters. The highest BCUT2D eigenvalue weighted by Gasteiger charge is 2.09. The van der Waals surface area contributed by atoms with E-state index in [2.05, 4.69) is 10.3 Å².